The first-order chi connectivity index (χ1) is 9.19. The van der Waals surface area contributed by atoms with E-state index in [2.05, 4.69) is 18.9 Å². The van der Waals surface area contributed by atoms with E-state index in [0.29, 0.717) is 11.8 Å². The Balaban J connectivity index is 2.03. The van der Waals surface area contributed by atoms with Gasteiger partial charge in [-0.15, -0.1) is 0 Å². The number of nitrogens with zero attached hydrogens (tertiary/aromatic N) is 1. The molecule has 2 heterocycles. The summed E-state index contributed by atoms with van der Waals surface area (Å²) in [5.74, 6) is 1.43. The molecule has 1 unspecified atom stereocenters. The van der Waals surface area contributed by atoms with Gasteiger partial charge in [-0.25, -0.2) is 0 Å². The standard InChI is InChI=1S/C16H21NO2/c1-3-4-11-9-16-13(7-8-17(11)2)14-10-12(18)5-6-15(14)19-16/h5-6,10-11,18H,3-4,7-9H2,1-2H3. The Morgan fingerprint density at radius 3 is 3.05 bits per heavy atom. The van der Waals surface area contributed by atoms with Gasteiger partial charge in [0.2, 0.25) is 0 Å². The normalized spacial score (nSPS) is 20.4. The number of phenols is 1. The third-order valence-electron chi connectivity index (χ3n) is 4.24. The molecule has 3 heteroatoms. The van der Waals surface area contributed by atoms with Crippen LogP contribution in [-0.4, -0.2) is 29.6 Å². The largest absolute Gasteiger partial charge is 0.508 e. The number of likely N-dealkylation sites (N-methyl/N-ethyl adjacent to an activating group) is 1. The molecule has 1 aliphatic rings. The van der Waals surface area contributed by atoms with Crippen LogP contribution in [0.2, 0.25) is 0 Å². The van der Waals surface area contributed by atoms with Crippen molar-refractivity contribution in [1.82, 2.24) is 4.90 Å². The number of hydrogen-bond acceptors (Lipinski definition) is 3. The van der Waals surface area contributed by atoms with Crippen molar-refractivity contribution in [2.24, 2.45) is 0 Å². The fourth-order valence-corrected chi connectivity index (χ4v) is 3.12. The fourth-order valence-electron chi connectivity index (χ4n) is 3.12. The van der Waals surface area contributed by atoms with Gasteiger partial charge >= 0.3 is 0 Å². The van der Waals surface area contributed by atoms with Crippen LogP contribution in [-0.2, 0) is 12.8 Å². The van der Waals surface area contributed by atoms with E-state index < -0.39 is 0 Å². The second kappa shape index (κ2) is 4.89. The first-order valence-electron chi connectivity index (χ1n) is 7.12. The highest BCUT2D eigenvalue weighted by atomic mass is 16.3. The third-order valence-corrected chi connectivity index (χ3v) is 4.24. The zero-order valence-electron chi connectivity index (χ0n) is 11.6. The van der Waals surface area contributed by atoms with E-state index in [9.17, 15) is 5.11 Å². The molecule has 102 valence electrons. The minimum Gasteiger partial charge on any atom is -0.508 e. The molecule has 3 rings (SSSR count). The number of phenolic OH excluding ortho intramolecular Hbond substituents is 1. The average Bonchev–Trinajstić information content (AvgIpc) is 2.64. The molecule has 0 saturated heterocycles. The van der Waals surface area contributed by atoms with Crippen LogP contribution < -0.4 is 0 Å². The van der Waals surface area contributed by atoms with Crippen molar-refractivity contribution in [1.29, 1.82) is 0 Å². The summed E-state index contributed by atoms with van der Waals surface area (Å²) in [7, 11) is 2.20. The van der Waals surface area contributed by atoms with Gasteiger partial charge in [0.05, 0.1) is 0 Å². The van der Waals surface area contributed by atoms with E-state index in [1.165, 1.54) is 18.4 Å². The van der Waals surface area contributed by atoms with Crippen molar-refractivity contribution in [2.75, 3.05) is 13.6 Å². The van der Waals surface area contributed by atoms with E-state index in [1.54, 1.807) is 6.07 Å². The van der Waals surface area contributed by atoms with Gasteiger partial charge < -0.3 is 14.4 Å². The van der Waals surface area contributed by atoms with Crippen LogP contribution in [0.4, 0.5) is 0 Å². The Kier molecular flexibility index (Phi) is 3.23. The number of furan rings is 1. The predicted octanol–water partition coefficient (Wildman–Crippen LogP) is 3.34. The smallest absolute Gasteiger partial charge is 0.134 e. The van der Waals surface area contributed by atoms with E-state index in [1.807, 2.05) is 12.1 Å². The lowest BCUT2D eigenvalue weighted by molar-refractivity contribution is 0.231. The summed E-state index contributed by atoms with van der Waals surface area (Å²) in [4.78, 5) is 2.44. The van der Waals surface area contributed by atoms with E-state index in [-0.39, 0.29) is 0 Å². The zero-order chi connectivity index (χ0) is 13.4. The lowest BCUT2D eigenvalue weighted by Crippen LogP contribution is -2.33. The van der Waals surface area contributed by atoms with Crippen molar-refractivity contribution in [3.8, 4) is 5.75 Å². The summed E-state index contributed by atoms with van der Waals surface area (Å²) in [5.41, 5.74) is 2.19. The summed E-state index contributed by atoms with van der Waals surface area (Å²) in [5, 5.41) is 10.7. The van der Waals surface area contributed by atoms with Gasteiger partial charge in [0.1, 0.15) is 17.1 Å². The van der Waals surface area contributed by atoms with Gasteiger partial charge in [0.15, 0.2) is 0 Å². The van der Waals surface area contributed by atoms with Gasteiger partial charge in [-0.05, 0) is 38.1 Å². The van der Waals surface area contributed by atoms with E-state index in [0.717, 1.165) is 36.1 Å². The van der Waals surface area contributed by atoms with Crippen molar-refractivity contribution in [2.45, 2.75) is 38.6 Å². The van der Waals surface area contributed by atoms with Gasteiger partial charge in [-0.2, -0.15) is 0 Å². The molecular formula is C16H21NO2. The van der Waals surface area contributed by atoms with Crippen LogP contribution in [0.3, 0.4) is 0 Å². The molecule has 1 aromatic heterocycles. The zero-order valence-corrected chi connectivity index (χ0v) is 11.6. The Bertz CT molecular complexity index is 588. The quantitative estimate of drug-likeness (QED) is 0.898. The first kappa shape index (κ1) is 12.5. The minimum atomic E-state index is 0.318. The van der Waals surface area contributed by atoms with Gasteiger partial charge in [-0.1, -0.05) is 13.3 Å². The van der Waals surface area contributed by atoms with E-state index >= 15 is 0 Å². The monoisotopic (exact) mass is 259 g/mol. The summed E-state index contributed by atoms with van der Waals surface area (Å²) in [6.07, 6.45) is 4.39. The summed E-state index contributed by atoms with van der Waals surface area (Å²) in [6.45, 7) is 3.29. The lowest BCUT2D eigenvalue weighted by atomic mass is 10.0. The van der Waals surface area contributed by atoms with Crippen LogP contribution in [0.25, 0.3) is 11.0 Å². The number of aromatic hydroxyl groups is 1. The Labute approximate surface area is 113 Å². The maximum absolute atomic E-state index is 9.66. The molecule has 1 atom stereocenters. The number of rotatable bonds is 2. The maximum Gasteiger partial charge on any atom is 0.134 e. The topological polar surface area (TPSA) is 36.6 Å². The van der Waals surface area contributed by atoms with Crippen molar-refractivity contribution in [3.63, 3.8) is 0 Å². The molecule has 0 spiro atoms. The Morgan fingerprint density at radius 2 is 2.26 bits per heavy atom. The summed E-state index contributed by atoms with van der Waals surface area (Å²) >= 11 is 0. The molecule has 2 aromatic rings. The molecule has 1 N–H and O–H groups in total. The lowest BCUT2D eigenvalue weighted by Gasteiger charge is -2.24. The van der Waals surface area contributed by atoms with Crippen LogP contribution >= 0.6 is 0 Å². The maximum atomic E-state index is 9.66. The van der Waals surface area contributed by atoms with Gasteiger partial charge in [0.25, 0.3) is 0 Å². The number of hydrogen-bond donors (Lipinski definition) is 1. The highest BCUT2D eigenvalue weighted by Gasteiger charge is 2.25. The third kappa shape index (κ3) is 2.23. The molecule has 0 saturated carbocycles. The Morgan fingerprint density at radius 1 is 1.42 bits per heavy atom. The highest BCUT2D eigenvalue weighted by Crippen LogP contribution is 2.32. The van der Waals surface area contributed by atoms with Crippen LogP contribution in [0.1, 0.15) is 31.1 Å². The first-order valence-corrected chi connectivity index (χ1v) is 7.12. The number of fused-ring (bicyclic) bond motifs is 3. The molecule has 0 amide bonds. The van der Waals surface area contributed by atoms with Gasteiger partial charge in [-0.3, -0.25) is 0 Å². The Hall–Kier alpha value is -1.48. The van der Waals surface area contributed by atoms with E-state index in [4.69, 9.17) is 4.42 Å². The molecule has 3 nitrogen and oxygen atoms in total. The molecule has 19 heavy (non-hydrogen) atoms. The van der Waals surface area contributed by atoms with Crippen LogP contribution in [0, 0.1) is 0 Å². The SMILES string of the molecule is CCCC1Cc2oc3ccc(O)cc3c2CCN1C. The second-order valence-corrected chi connectivity index (χ2v) is 5.56. The molecule has 0 radical (unpaired) electrons. The van der Waals surface area contributed by atoms with Crippen molar-refractivity contribution in [3.05, 3.63) is 29.5 Å². The molecule has 0 fully saturated rings. The number of benzene rings is 1. The van der Waals surface area contributed by atoms with Crippen LogP contribution in [0.5, 0.6) is 5.75 Å². The molecule has 0 aliphatic carbocycles. The molecule has 1 aromatic carbocycles. The molecule has 0 bridgehead atoms. The van der Waals surface area contributed by atoms with Crippen LogP contribution in [0.15, 0.2) is 22.6 Å². The molecule has 1 aliphatic heterocycles. The van der Waals surface area contributed by atoms with Crippen molar-refractivity contribution >= 4 is 11.0 Å². The molecular weight excluding hydrogens is 238 g/mol. The fraction of sp³-hybridized carbons (Fsp3) is 0.500. The van der Waals surface area contributed by atoms with Crippen molar-refractivity contribution < 1.29 is 9.52 Å². The average molecular weight is 259 g/mol. The summed E-state index contributed by atoms with van der Waals surface area (Å²) < 4.78 is 6.01. The second-order valence-electron chi connectivity index (χ2n) is 5.56. The minimum absolute atomic E-state index is 0.318. The highest BCUT2D eigenvalue weighted by molar-refractivity contribution is 5.83. The predicted molar refractivity (Wildman–Crippen MR) is 76.6 cm³/mol. The summed E-state index contributed by atoms with van der Waals surface area (Å²) in [6, 6.07) is 5.97. The van der Waals surface area contributed by atoms with Gasteiger partial charge in [0, 0.05) is 30.0 Å².